The van der Waals surface area contributed by atoms with Gasteiger partial charge in [-0.15, -0.1) is 24.2 Å². The molecule has 0 spiro atoms. The zero-order chi connectivity index (χ0) is 18.7. The number of thioether (sulfide) groups is 1. The van der Waals surface area contributed by atoms with E-state index in [4.69, 9.17) is 5.73 Å². The van der Waals surface area contributed by atoms with Crippen molar-refractivity contribution in [1.82, 2.24) is 4.90 Å². The lowest BCUT2D eigenvalue weighted by Crippen LogP contribution is -2.36. The Morgan fingerprint density at radius 1 is 1.26 bits per heavy atom. The van der Waals surface area contributed by atoms with Crippen LogP contribution >= 0.6 is 24.2 Å². The lowest BCUT2D eigenvalue weighted by Gasteiger charge is -2.26. The molecular weight excluding hydrogens is 390 g/mol. The summed E-state index contributed by atoms with van der Waals surface area (Å²) in [6.07, 6.45) is 0.853. The first-order valence-electron chi connectivity index (χ1n) is 8.57. The average molecular weight is 413 g/mol. The van der Waals surface area contributed by atoms with E-state index in [0.717, 1.165) is 29.8 Å². The van der Waals surface area contributed by atoms with Crippen molar-refractivity contribution >= 4 is 30.1 Å². The van der Waals surface area contributed by atoms with Gasteiger partial charge in [-0.2, -0.15) is 0 Å². The molecule has 2 N–H and O–H groups in total. The molecule has 1 amide bonds. The molecule has 1 heterocycles. The number of rotatable bonds is 5. The smallest absolute Gasteiger partial charge is 0.240 e. The molecule has 0 bridgehead atoms. The van der Waals surface area contributed by atoms with Crippen molar-refractivity contribution in [1.29, 1.82) is 0 Å². The summed E-state index contributed by atoms with van der Waals surface area (Å²) in [6.45, 7) is 3.83. The van der Waals surface area contributed by atoms with Gasteiger partial charge in [-0.05, 0) is 36.1 Å². The van der Waals surface area contributed by atoms with Gasteiger partial charge < -0.3 is 10.6 Å². The Labute approximate surface area is 168 Å². The number of halogens is 3. The summed E-state index contributed by atoms with van der Waals surface area (Å²) in [5, 5.41) is -0.587. The SMILES string of the molecule is CC1(CN)CCN(C(=O)C(Sc2ccc(F)cc2F)c2ccccc2)C1.Cl. The fraction of sp³-hybridized carbons (Fsp3) is 0.350. The van der Waals surface area contributed by atoms with Crippen LogP contribution in [0.2, 0.25) is 0 Å². The Bertz CT molecular complexity index is 793. The quantitative estimate of drug-likeness (QED) is 0.739. The molecule has 0 saturated carbocycles. The number of benzene rings is 2. The molecule has 3 rings (SSSR count). The highest BCUT2D eigenvalue weighted by atomic mass is 35.5. The lowest BCUT2D eigenvalue weighted by molar-refractivity contribution is -0.130. The minimum absolute atomic E-state index is 0. The molecule has 27 heavy (non-hydrogen) atoms. The van der Waals surface area contributed by atoms with Gasteiger partial charge in [-0.3, -0.25) is 4.79 Å². The third kappa shape index (κ3) is 5.00. The van der Waals surface area contributed by atoms with Crippen LogP contribution in [0.4, 0.5) is 8.78 Å². The van der Waals surface area contributed by atoms with E-state index in [-0.39, 0.29) is 28.6 Å². The average Bonchev–Trinajstić information content (AvgIpc) is 3.04. The van der Waals surface area contributed by atoms with Crippen molar-refractivity contribution in [3.8, 4) is 0 Å². The molecule has 1 saturated heterocycles. The number of amides is 1. The monoisotopic (exact) mass is 412 g/mol. The minimum Gasteiger partial charge on any atom is -0.341 e. The summed E-state index contributed by atoms with van der Waals surface area (Å²) in [6, 6.07) is 12.7. The highest BCUT2D eigenvalue weighted by Crippen LogP contribution is 2.40. The first kappa shape index (κ1) is 21.7. The molecular formula is C20H23ClF2N2OS. The van der Waals surface area contributed by atoms with Crippen LogP contribution in [0.15, 0.2) is 53.4 Å². The number of hydrogen-bond donors (Lipinski definition) is 1. The molecule has 3 nitrogen and oxygen atoms in total. The number of hydrogen-bond acceptors (Lipinski definition) is 3. The molecule has 2 unspecified atom stereocenters. The largest absolute Gasteiger partial charge is 0.341 e. The van der Waals surface area contributed by atoms with Crippen LogP contribution in [0.25, 0.3) is 0 Å². The van der Waals surface area contributed by atoms with Crippen LogP contribution < -0.4 is 5.73 Å². The second-order valence-electron chi connectivity index (χ2n) is 7.01. The second-order valence-corrected chi connectivity index (χ2v) is 8.15. The third-order valence-corrected chi connectivity index (χ3v) is 6.12. The molecule has 0 radical (unpaired) electrons. The Balaban J connectivity index is 0.00000261. The van der Waals surface area contributed by atoms with E-state index in [1.54, 1.807) is 4.90 Å². The predicted octanol–water partition coefficient (Wildman–Crippen LogP) is 4.42. The van der Waals surface area contributed by atoms with E-state index < -0.39 is 16.9 Å². The molecule has 1 fully saturated rings. The zero-order valence-corrected chi connectivity index (χ0v) is 16.7. The van der Waals surface area contributed by atoms with Crippen LogP contribution in [-0.4, -0.2) is 30.4 Å². The molecule has 146 valence electrons. The molecule has 0 aromatic heterocycles. The van der Waals surface area contributed by atoms with Crippen LogP contribution in [-0.2, 0) is 4.79 Å². The Kier molecular flexibility index (Phi) is 7.25. The molecule has 2 aromatic rings. The summed E-state index contributed by atoms with van der Waals surface area (Å²) >= 11 is 1.12. The van der Waals surface area contributed by atoms with Gasteiger partial charge in [0.2, 0.25) is 5.91 Å². The Hall–Kier alpha value is -1.63. The fourth-order valence-corrected chi connectivity index (χ4v) is 4.25. The highest BCUT2D eigenvalue weighted by molar-refractivity contribution is 8.00. The van der Waals surface area contributed by atoms with Crippen molar-refractivity contribution in [2.75, 3.05) is 19.6 Å². The Morgan fingerprint density at radius 3 is 2.56 bits per heavy atom. The van der Waals surface area contributed by atoms with Crippen LogP contribution in [0.1, 0.15) is 24.2 Å². The van der Waals surface area contributed by atoms with Crippen LogP contribution in [0, 0.1) is 17.0 Å². The standard InChI is InChI=1S/C20H22F2N2OS.ClH/c1-20(12-23)9-10-24(13-20)19(25)18(14-5-3-2-4-6-14)26-17-8-7-15(21)11-16(17)22;/h2-8,11,18H,9-10,12-13,23H2,1H3;1H. The lowest BCUT2D eigenvalue weighted by atomic mass is 9.90. The van der Waals surface area contributed by atoms with Gasteiger partial charge in [-0.1, -0.05) is 37.3 Å². The third-order valence-electron chi connectivity index (χ3n) is 4.83. The van der Waals surface area contributed by atoms with Crippen LogP contribution in [0.5, 0.6) is 0 Å². The fourth-order valence-electron chi connectivity index (χ4n) is 3.13. The normalized spacial score (nSPS) is 20.2. The van der Waals surface area contributed by atoms with Crippen molar-refractivity contribution in [2.24, 2.45) is 11.1 Å². The maximum absolute atomic E-state index is 14.1. The molecule has 1 aliphatic heterocycles. The van der Waals surface area contributed by atoms with Crippen molar-refractivity contribution in [3.05, 3.63) is 65.7 Å². The number of likely N-dealkylation sites (tertiary alicyclic amines) is 1. The van der Waals surface area contributed by atoms with E-state index in [9.17, 15) is 13.6 Å². The Morgan fingerprint density at radius 2 is 1.96 bits per heavy atom. The molecule has 1 aliphatic rings. The van der Waals surface area contributed by atoms with E-state index in [2.05, 4.69) is 6.92 Å². The zero-order valence-electron chi connectivity index (χ0n) is 15.0. The van der Waals surface area contributed by atoms with E-state index >= 15 is 0 Å². The first-order valence-corrected chi connectivity index (χ1v) is 9.45. The number of nitrogens with zero attached hydrogens (tertiary/aromatic N) is 1. The molecule has 2 aromatic carbocycles. The van der Waals surface area contributed by atoms with Crippen molar-refractivity contribution < 1.29 is 13.6 Å². The first-order chi connectivity index (χ1) is 12.4. The van der Waals surface area contributed by atoms with Gasteiger partial charge in [0, 0.05) is 24.1 Å². The number of carbonyl (C=O) groups excluding carboxylic acids is 1. The second kappa shape index (κ2) is 9.04. The summed E-state index contributed by atoms with van der Waals surface area (Å²) in [5.74, 6) is -1.35. The van der Waals surface area contributed by atoms with Gasteiger partial charge in [0.15, 0.2) is 0 Å². The van der Waals surface area contributed by atoms with Gasteiger partial charge in [0.05, 0.1) is 0 Å². The number of nitrogens with two attached hydrogens (primary N) is 1. The molecule has 2 atom stereocenters. The van der Waals surface area contributed by atoms with E-state index in [1.165, 1.54) is 12.1 Å². The van der Waals surface area contributed by atoms with Gasteiger partial charge in [-0.25, -0.2) is 8.78 Å². The maximum atomic E-state index is 14.1. The van der Waals surface area contributed by atoms with Gasteiger partial charge in [0.1, 0.15) is 16.9 Å². The van der Waals surface area contributed by atoms with Crippen LogP contribution in [0.3, 0.4) is 0 Å². The summed E-state index contributed by atoms with van der Waals surface area (Å²) in [7, 11) is 0. The van der Waals surface area contributed by atoms with E-state index in [1.807, 2.05) is 30.3 Å². The van der Waals surface area contributed by atoms with Gasteiger partial charge in [0.25, 0.3) is 0 Å². The van der Waals surface area contributed by atoms with E-state index in [0.29, 0.717) is 19.6 Å². The molecule has 0 aliphatic carbocycles. The number of carbonyl (C=O) groups is 1. The topological polar surface area (TPSA) is 46.3 Å². The van der Waals surface area contributed by atoms with Crippen molar-refractivity contribution in [3.63, 3.8) is 0 Å². The van der Waals surface area contributed by atoms with Crippen molar-refractivity contribution in [2.45, 2.75) is 23.5 Å². The molecule has 7 heteroatoms. The summed E-state index contributed by atoms with van der Waals surface area (Å²) in [4.78, 5) is 15.3. The maximum Gasteiger partial charge on any atom is 0.240 e. The highest BCUT2D eigenvalue weighted by Gasteiger charge is 2.38. The predicted molar refractivity (Wildman–Crippen MR) is 107 cm³/mol. The summed E-state index contributed by atoms with van der Waals surface area (Å²) in [5.41, 5.74) is 6.56. The van der Waals surface area contributed by atoms with Gasteiger partial charge >= 0.3 is 0 Å². The summed E-state index contributed by atoms with van der Waals surface area (Å²) < 4.78 is 27.3. The minimum atomic E-state index is -0.656.